The Labute approximate surface area is 165 Å². The highest BCUT2D eigenvalue weighted by Crippen LogP contribution is 1.98. The predicted molar refractivity (Wildman–Crippen MR) is 111 cm³/mol. The van der Waals surface area contributed by atoms with E-state index in [-0.39, 0.29) is 42.4 Å². The van der Waals surface area contributed by atoms with Crippen LogP contribution in [0.5, 0.6) is 0 Å². The Kier molecular flexibility index (Phi) is 10.2. The number of halogens is 1. The van der Waals surface area contributed by atoms with Crippen LogP contribution in [0.3, 0.4) is 0 Å². The van der Waals surface area contributed by atoms with E-state index < -0.39 is 0 Å². The molecule has 134 valence electrons. The van der Waals surface area contributed by atoms with Crippen LogP contribution < -0.4 is 16.4 Å². The first kappa shape index (κ1) is 20.9. The fourth-order valence-electron chi connectivity index (χ4n) is 2.12. The molecule has 0 radical (unpaired) electrons. The van der Waals surface area contributed by atoms with Gasteiger partial charge in [0.05, 0.1) is 0 Å². The molecule has 0 aliphatic heterocycles. The number of pyridine rings is 1. The average Bonchev–Trinajstić information content (AvgIpc) is 2.62. The minimum absolute atomic E-state index is 0. The summed E-state index contributed by atoms with van der Waals surface area (Å²) in [5, 5.41) is 5.81. The molecule has 4 N–H and O–H groups in total. The lowest BCUT2D eigenvalue weighted by molar-refractivity contribution is -0.119. The van der Waals surface area contributed by atoms with E-state index in [1.807, 2.05) is 48.5 Å². The van der Waals surface area contributed by atoms with Gasteiger partial charge in [-0.25, -0.2) is 4.99 Å². The molecule has 25 heavy (non-hydrogen) atoms. The standard InChI is InChI=1S/C18H23N5O.HI/c19-18(22-13-10-16-8-4-5-11-20-16)23-14-17(24)21-12-9-15-6-2-1-3-7-15;/h1-8,11H,9-10,12-14H2,(H,21,24)(H3,19,22,23);1H. The van der Waals surface area contributed by atoms with Crippen molar-refractivity contribution in [1.29, 1.82) is 0 Å². The van der Waals surface area contributed by atoms with Crippen LogP contribution in [0.2, 0.25) is 0 Å². The molecule has 1 aromatic carbocycles. The van der Waals surface area contributed by atoms with E-state index in [1.165, 1.54) is 5.56 Å². The van der Waals surface area contributed by atoms with Crippen LogP contribution in [0.4, 0.5) is 0 Å². The Balaban J connectivity index is 0.00000312. The summed E-state index contributed by atoms with van der Waals surface area (Å²) in [5.74, 6) is 0.129. The van der Waals surface area contributed by atoms with Gasteiger partial charge < -0.3 is 16.4 Å². The third-order valence-corrected chi connectivity index (χ3v) is 3.39. The smallest absolute Gasteiger partial charge is 0.241 e. The molecule has 0 spiro atoms. The number of carbonyl (C=O) groups is 1. The molecule has 0 aliphatic carbocycles. The summed E-state index contributed by atoms with van der Waals surface area (Å²) in [4.78, 5) is 20.0. The van der Waals surface area contributed by atoms with E-state index in [4.69, 9.17) is 5.73 Å². The van der Waals surface area contributed by atoms with E-state index in [9.17, 15) is 4.79 Å². The normalized spacial score (nSPS) is 10.6. The monoisotopic (exact) mass is 453 g/mol. The lowest BCUT2D eigenvalue weighted by Crippen LogP contribution is -2.35. The molecule has 0 saturated heterocycles. The fourth-order valence-corrected chi connectivity index (χ4v) is 2.12. The maximum absolute atomic E-state index is 11.7. The zero-order chi connectivity index (χ0) is 17.0. The van der Waals surface area contributed by atoms with E-state index in [0.717, 1.165) is 18.5 Å². The molecule has 2 aromatic rings. The van der Waals surface area contributed by atoms with E-state index in [2.05, 4.69) is 20.6 Å². The van der Waals surface area contributed by atoms with Gasteiger partial charge in [-0.1, -0.05) is 36.4 Å². The molecule has 0 atom stereocenters. The van der Waals surface area contributed by atoms with E-state index in [0.29, 0.717) is 13.1 Å². The molecule has 0 aliphatic rings. The number of guanidine groups is 1. The topological polar surface area (TPSA) is 92.4 Å². The first-order chi connectivity index (χ1) is 11.7. The van der Waals surface area contributed by atoms with Gasteiger partial charge in [-0.3, -0.25) is 9.78 Å². The van der Waals surface area contributed by atoms with Crippen molar-refractivity contribution >= 4 is 35.8 Å². The van der Waals surface area contributed by atoms with Gasteiger partial charge in [-0.2, -0.15) is 0 Å². The van der Waals surface area contributed by atoms with Crippen LogP contribution >= 0.6 is 24.0 Å². The lowest BCUT2D eigenvalue weighted by atomic mass is 10.1. The zero-order valence-electron chi connectivity index (χ0n) is 14.0. The van der Waals surface area contributed by atoms with Crippen LogP contribution in [0.1, 0.15) is 11.3 Å². The molecular weight excluding hydrogens is 429 g/mol. The summed E-state index contributed by atoms with van der Waals surface area (Å²) in [7, 11) is 0. The van der Waals surface area contributed by atoms with E-state index in [1.54, 1.807) is 6.20 Å². The maximum Gasteiger partial charge on any atom is 0.241 e. The van der Waals surface area contributed by atoms with Crippen LogP contribution in [0.25, 0.3) is 0 Å². The molecule has 6 nitrogen and oxygen atoms in total. The van der Waals surface area contributed by atoms with Crippen LogP contribution in [-0.2, 0) is 17.6 Å². The largest absolute Gasteiger partial charge is 0.370 e. The number of aromatic nitrogens is 1. The van der Waals surface area contributed by atoms with Crippen molar-refractivity contribution in [3.05, 3.63) is 66.0 Å². The highest BCUT2D eigenvalue weighted by molar-refractivity contribution is 14.0. The van der Waals surface area contributed by atoms with Gasteiger partial charge in [0.2, 0.25) is 5.91 Å². The highest BCUT2D eigenvalue weighted by Gasteiger charge is 2.00. The van der Waals surface area contributed by atoms with Crippen molar-refractivity contribution in [2.24, 2.45) is 10.7 Å². The zero-order valence-corrected chi connectivity index (χ0v) is 16.4. The molecule has 0 fully saturated rings. The summed E-state index contributed by atoms with van der Waals surface area (Å²) in [6.45, 7) is 1.24. The maximum atomic E-state index is 11.7. The number of amides is 1. The summed E-state index contributed by atoms with van der Waals surface area (Å²) in [6, 6.07) is 15.8. The number of hydrogen-bond donors (Lipinski definition) is 3. The molecule has 1 amide bonds. The SMILES string of the molecule is I.NC(=NCC(=O)NCCc1ccccc1)NCCc1ccccn1. The van der Waals surface area contributed by atoms with Crippen LogP contribution in [0, 0.1) is 0 Å². The Morgan fingerprint density at radius 1 is 1.00 bits per heavy atom. The Morgan fingerprint density at radius 2 is 1.72 bits per heavy atom. The summed E-state index contributed by atoms with van der Waals surface area (Å²) in [5.41, 5.74) is 7.92. The number of nitrogens with one attached hydrogen (secondary N) is 2. The Hall–Kier alpha value is -2.16. The number of nitrogens with two attached hydrogens (primary N) is 1. The number of hydrogen-bond acceptors (Lipinski definition) is 3. The number of nitrogens with zero attached hydrogens (tertiary/aromatic N) is 2. The summed E-state index contributed by atoms with van der Waals surface area (Å²) < 4.78 is 0. The van der Waals surface area contributed by atoms with E-state index >= 15 is 0 Å². The molecule has 0 saturated carbocycles. The molecule has 1 aromatic heterocycles. The Bertz CT molecular complexity index is 649. The third kappa shape index (κ3) is 9.04. The lowest BCUT2D eigenvalue weighted by Gasteiger charge is -2.06. The molecule has 0 bridgehead atoms. The van der Waals surface area contributed by atoms with Gasteiger partial charge >= 0.3 is 0 Å². The van der Waals surface area contributed by atoms with Gasteiger partial charge in [-0.15, -0.1) is 24.0 Å². The molecule has 2 rings (SSSR count). The summed E-state index contributed by atoms with van der Waals surface area (Å²) in [6.07, 6.45) is 3.31. The molecular formula is C18H24IN5O. The molecule has 0 unspecified atom stereocenters. The first-order valence-electron chi connectivity index (χ1n) is 7.98. The predicted octanol–water partition coefficient (Wildman–Crippen LogP) is 1.51. The van der Waals surface area contributed by atoms with Gasteiger partial charge in [0, 0.05) is 31.4 Å². The first-order valence-corrected chi connectivity index (χ1v) is 7.98. The van der Waals surface area contributed by atoms with Crippen molar-refractivity contribution in [3.8, 4) is 0 Å². The fraction of sp³-hybridized carbons (Fsp3) is 0.278. The van der Waals surface area contributed by atoms with Crippen LogP contribution in [0.15, 0.2) is 59.7 Å². The van der Waals surface area contributed by atoms with Crippen molar-refractivity contribution in [2.75, 3.05) is 19.6 Å². The minimum atomic E-state index is -0.139. The second kappa shape index (κ2) is 12.2. The van der Waals surface area contributed by atoms with Gasteiger partial charge in [0.15, 0.2) is 5.96 Å². The number of benzene rings is 1. The second-order valence-corrected chi connectivity index (χ2v) is 5.28. The third-order valence-electron chi connectivity index (χ3n) is 3.39. The Morgan fingerprint density at radius 3 is 2.44 bits per heavy atom. The quantitative estimate of drug-likeness (QED) is 0.321. The minimum Gasteiger partial charge on any atom is -0.370 e. The van der Waals surface area contributed by atoms with Crippen molar-refractivity contribution in [3.63, 3.8) is 0 Å². The van der Waals surface area contributed by atoms with Crippen molar-refractivity contribution in [2.45, 2.75) is 12.8 Å². The van der Waals surface area contributed by atoms with Gasteiger partial charge in [-0.05, 0) is 24.1 Å². The molecule has 7 heteroatoms. The number of rotatable bonds is 8. The van der Waals surface area contributed by atoms with Gasteiger partial charge in [0.25, 0.3) is 0 Å². The van der Waals surface area contributed by atoms with Crippen molar-refractivity contribution < 1.29 is 4.79 Å². The summed E-state index contributed by atoms with van der Waals surface area (Å²) >= 11 is 0. The van der Waals surface area contributed by atoms with Crippen molar-refractivity contribution in [1.82, 2.24) is 15.6 Å². The number of aliphatic imine (C=N–C) groups is 1. The molecule has 1 heterocycles. The average molecular weight is 453 g/mol. The second-order valence-electron chi connectivity index (χ2n) is 5.28. The van der Waals surface area contributed by atoms with Crippen LogP contribution in [-0.4, -0.2) is 36.5 Å². The number of carbonyl (C=O) groups excluding carboxylic acids is 1. The van der Waals surface area contributed by atoms with Gasteiger partial charge in [0.1, 0.15) is 6.54 Å². The highest BCUT2D eigenvalue weighted by atomic mass is 127.